The van der Waals surface area contributed by atoms with Gasteiger partial charge in [0, 0.05) is 18.7 Å². The van der Waals surface area contributed by atoms with E-state index in [1.54, 1.807) is 4.90 Å². The van der Waals surface area contributed by atoms with Gasteiger partial charge in [-0.3, -0.25) is 4.79 Å². The lowest BCUT2D eigenvalue weighted by Gasteiger charge is -2.24. The molecule has 0 aliphatic rings. The fourth-order valence-corrected chi connectivity index (χ4v) is 2.07. The zero-order valence-electron chi connectivity index (χ0n) is 12.6. The lowest BCUT2D eigenvalue weighted by atomic mass is 10.2. The Bertz CT molecular complexity index is 446. The third-order valence-corrected chi connectivity index (χ3v) is 3.23. The average molecular weight is 280 g/mol. The van der Waals surface area contributed by atoms with E-state index < -0.39 is 0 Å². The van der Waals surface area contributed by atoms with E-state index in [1.165, 1.54) is 6.33 Å². The molecule has 0 saturated carbocycles. The molecule has 0 radical (unpaired) electrons. The van der Waals surface area contributed by atoms with Crippen molar-refractivity contribution in [3.05, 3.63) is 11.9 Å². The van der Waals surface area contributed by atoms with Crippen LogP contribution >= 0.6 is 0 Å². The van der Waals surface area contributed by atoms with Gasteiger partial charge in [-0.05, 0) is 27.2 Å². The number of hydrogen-bond acceptors (Lipinski definition) is 6. The predicted molar refractivity (Wildman–Crippen MR) is 80.2 cm³/mol. The molecule has 1 aromatic heterocycles. The Labute approximate surface area is 119 Å². The molecule has 0 bridgehead atoms. The van der Waals surface area contributed by atoms with Crippen LogP contribution in [0.5, 0.6) is 0 Å². The summed E-state index contributed by atoms with van der Waals surface area (Å²) in [6.07, 6.45) is 2.14. The number of hydrazine groups is 1. The highest BCUT2D eigenvalue weighted by Gasteiger charge is 2.20. The third-order valence-electron chi connectivity index (χ3n) is 3.23. The molecule has 0 aromatic carbocycles. The number of anilines is 2. The van der Waals surface area contributed by atoms with Crippen LogP contribution in [-0.4, -0.2) is 39.9 Å². The van der Waals surface area contributed by atoms with Gasteiger partial charge in [-0.1, -0.05) is 6.92 Å². The molecule has 1 rings (SSSR count). The average Bonchev–Trinajstić information content (AvgIpc) is 2.47. The van der Waals surface area contributed by atoms with Crippen molar-refractivity contribution < 1.29 is 4.79 Å². The summed E-state index contributed by atoms with van der Waals surface area (Å²) in [5, 5.41) is 3.15. The molecule has 1 aromatic rings. The van der Waals surface area contributed by atoms with Crippen LogP contribution in [0.15, 0.2) is 6.33 Å². The number of aromatic nitrogens is 2. The van der Waals surface area contributed by atoms with Gasteiger partial charge in [0.15, 0.2) is 0 Å². The number of nitrogens with zero attached hydrogens (tertiary/aromatic N) is 3. The van der Waals surface area contributed by atoms with Gasteiger partial charge in [0.1, 0.15) is 24.0 Å². The van der Waals surface area contributed by atoms with E-state index in [4.69, 9.17) is 5.84 Å². The monoisotopic (exact) mass is 280 g/mol. The second-order valence-electron chi connectivity index (χ2n) is 4.42. The lowest BCUT2D eigenvalue weighted by molar-refractivity contribution is -0.131. The maximum atomic E-state index is 12.2. The van der Waals surface area contributed by atoms with Crippen LogP contribution in [0.2, 0.25) is 0 Å². The summed E-state index contributed by atoms with van der Waals surface area (Å²) in [4.78, 5) is 22.3. The number of rotatable bonds is 7. The molecular formula is C13H24N6O. The second-order valence-corrected chi connectivity index (χ2v) is 4.42. The Morgan fingerprint density at radius 3 is 2.40 bits per heavy atom. The molecule has 0 aliphatic heterocycles. The van der Waals surface area contributed by atoms with Crippen molar-refractivity contribution in [2.24, 2.45) is 5.84 Å². The van der Waals surface area contributed by atoms with Crippen molar-refractivity contribution in [3.8, 4) is 0 Å². The van der Waals surface area contributed by atoms with E-state index in [9.17, 15) is 4.79 Å². The molecule has 7 nitrogen and oxygen atoms in total. The highest BCUT2D eigenvalue weighted by molar-refractivity contribution is 5.84. The number of amides is 1. The number of nitrogens with one attached hydrogen (secondary N) is 2. The summed E-state index contributed by atoms with van der Waals surface area (Å²) in [7, 11) is 0. The van der Waals surface area contributed by atoms with Gasteiger partial charge >= 0.3 is 0 Å². The Morgan fingerprint density at radius 2 is 1.90 bits per heavy atom. The second kappa shape index (κ2) is 7.64. The minimum atomic E-state index is -0.347. The smallest absolute Gasteiger partial charge is 0.244 e. The van der Waals surface area contributed by atoms with Gasteiger partial charge < -0.3 is 15.6 Å². The van der Waals surface area contributed by atoms with Crippen LogP contribution in [0.25, 0.3) is 0 Å². The first-order valence-electron chi connectivity index (χ1n) is 6.94. The topological polar surface area (TPSA) is 96.2 Å². The fraction of sp³-hybridized carbons (Fsp3) is 0.615. The van der Waals surface area contributed by atoms with Gasteiger partial charge in [0.2, 0.25) is 5.91 Å². The van der Waals surface area contributed by atoms with Crippen molar-refractivity contribution >= 4 is 17.5 Å². The number of carbonyl (C=O) groups is 1. The molecule has 1 unspecified atom stereocenters. The summed E-state index contributed by atoms with van der Waals surface area (Å²) in [5.41, 5.74) is 3.42. The Balaban J connectivity index is 2.90. The molecule has 0 saturated heterocycles. The normalized spacial score (nSPS) is 11.8. The number of hydrogen-bond donors (Lipinski definition) is 3. The van der Waals surface area contributed by atoms with E-state index in [1.807, 2.05) is 27.7 Å². The molecule has 112 valence electrons. The Kier molecular flexibility index (Phi) is 6.17. The van der Waals surface area contributed by atoms with E-state index in [2.05, 4.69) is 20.7 Å². The molecule has 1 amide bonds. The van der Waals surface area contributed by atoms with E-state index in [-0.39, 0.29) is 11.9 Å². The predicted octanol–water partition coefficient (Wildman–Crippen LogP) is 0.993. The van der Waals surface area contributed by atoms with Crippen molar-refractivity contribution in [1.82, 2.24) is 14.9 Å². The first-order valence-corrected chi connectivity index (χ1v) is 6.94. The van der Waals surface area contributed by atoms with E-state index >= 15 is 0 Å². The molecule has 1 atom stereocenters. The quantitative estimate of drug-likeness (QED) is 0.509. The highest BCUT2D eigenvalue weighted by atomic mass is 16.2. The Morgan fingerprint density at radius 1 is 1.30 bits per heavy atom. The molecular weight excluding hydrogens is 256 g/mol. The van der Waals surface area contributed by atoms with Crippen LogP contribution in [-0.2, 0) is 11.2 Å². The molecule has 4 N–H and O–H groups in total. The minimum absolute atomic E-state index is 0.0536. The summed E-state index contributed by atoms with van der Waals surface area (Å²) >= 11 is 0. The number of carbonyl (C=O) groups excluding carboxylic acids is 1. The summed E-state index contributed by atoms with van der Waals surface area (Å²) < 4.78 is 0. The summed E-state index contributed by atoms with van der Waals surface area (Å²) in [6.45, 7) is 9.14. The first-order chi connectivity index (χ1) is 9.58. The highest BCUT2D eigenvalue weighted by Crippen LogP contribution is 2.20. The van der Waals surface area contributed by atoms with E-state index in [0.29, 0.717) is 24.7 Å². The number of nitrogen functional groups attached to an aromatic ring is 1. The van der Waals surface area contributed by atoms with E-state index in [0.717, 1.165) is 12.0 Å². The van der Waals surface area contributed by atoms with Crippen molar-refractivity contribution in [1.29, 1.82) is 0 Å². The zero-order chi connectivity index (χ0) is 15.1. The standard InChI is InChI=1S/C13H24N6O/c1-5-10-11(15-8-16-12(10)18-14)17-9(4)13(20)19(6-2)7-3/h8-9H,5-7,14H2,1-4H3,(H2,15,16,17,18). The summed E-state index contributed by atoms with van der Waals surface area (Å²) in [5.74, 6) is 6.71. The van der Waals surface area contributed by atoms with Crippen LogP contribution in [0.1, 0.15) is 33.3 Å². The SMILES string of the molecule is CCc1c(NN)ncnc1NC(C)C(=O)N(CC)CC. The molecule has 0 aliphatic carbocycles. The number of likely N-dealkylation sites (N-methyl/N-ethyl adjacent to an activating group) is 1. The zero-order valence-corrected chi connectivity index (χ0v) is 12.6. The third kappa shape index (κ3) is 3.57. The maximum absolute atomic E-state index is 12.2. The maximum Gasteiger partial charge on any atom is 0.244 e. The van der Waals surface area contributed by atoms with Crippen LogP contribution in [0, 0.1) is 0 Å². The van der Waals surface area contributed by atoms with Gasteiger partial charge in [0.25, 0.3) is 0 Å². The van der Waals surface area contributed by atoms with Crippen LogP contribution in [0.4, 0.5) is 11.6 Å². The molecule has 1 heterocycles. The van der Waals surface area contributed by atoms with Crippen LogP contribution in [0.3, 0.4) is 0 Å². The largest absolute Gasteiger partial charge is 0.358 e. The van der Waals surface area contributed by atoms with Gasteiger partial charge in [-0.25, -0.2) is 15.8 Å². The molecule has 0 spiro atoms. The Hall–Kier alpha value is -1.89. The van der Waals surface area contributed by atoms with Gasteiger partial charge in [-0.2, -0.15) is 0 Å². The van der Waals surface area contributed by atoms with Crippen molar-refractivity contribution in [2.45, 2.75) is 40.2 Å². The van der Waals surface area contributed by atoms with Crippen molar-refractivity contribution in [2.75, 3.05) is 23.8 Å². The lowest BCUT2D eigenvalue weighted by Crippen LogP contribution is -2.41. The molecule has 0 fully saturated rings. The number of nitrogens with two attached hydrogens (primary N) is 1. The van der Waals surface area contributed by atoms with Crippen molar-refractivity contribution in [3.63, 3.8) is 0 Å². The summed E-state index contributed by atoms with van der Waals surface area (Å²) in [6, 6.07) is -0.347. The van der Waals surface area contributed by atoms with Gasteiger partial charge in [0.05, 0.1) is 0 Å². The fourth-order valence-electron chi connectivity index (χ4n) is 2.07. The molecule has 20 heavy (non-hydrogen) atoms. The minimum Gasteiger partial charge on any atom is -0.358 e. The first kappa shape index (κ1) is 16.2. The van der Waals surface area contributed by atoms with Crippen LogP contribution < -0.4 is 16.6 Å². The molecule has 7 heteroatoms. The van der Waals surface area contributed by atoms with Gasteiger partial charge in [-0.15, -0.1) is 0 Å².